The summed E-state index contributed by atoms with van der Waals surface area (Å²) in [6, 6.07) is 4.27. The van der Waals surface area contributed by atoms with E-state index >= 15 is 0 Å². The number of allylic oxidation sites excluding steroid dienone is 4. The van der Waals surface area contributed by atoms with E-state index in [9.17, 15) is 0 Å². The third-order valence-corrected chi connectivity index (χ3v) is 6.08. The summed E-state index contributed by atoms with van der Waals surface area (Å²) in [7, 11) is 1.61. The van der Waals surface area contributed by atoms with Gasteiger partial charge in [0.2, 0.25) is 0 Å². The van der Waals surface area contributed by atoms with Crippen molar-refractivity contribution in [1.29, 1.82) is 0 Å². The standard InChI is InChI=1S/C27H36N4O2/c1-6-22(26-15-25-12-13-28-27(25)29-16-26)10-11-24(23-8-7-9-23)14-19(2)17-33-21(4)31-18-30-20(3)32-5/h10-13,15-16,18,20,23H,2,6-9,14,17H2,1,3-5H3,(H,28,29)/b22-10+,24-11+,30-18?,31-21?. The molecule has 0 bridgehead atoms. The molecule has 0 aromatic carbocycles. The summed E-state index contributed by atoms with van der Waals surface area (Å²) < 4.78 is 10.8. The molecule has 1 saturated carbocycles. The van der Waals surface area contributed by atoms with Crippen molar-refractivity contribution in [3.8, 4) is 0 Å². The van der Waals surface area contributed by atoms with Crippen LogP contribution in [0.25, 0.3) is 16.6 Å². The molecule has 6 nitrogen and oxygen atoms in total. The molecule has 1 aliphatic carbocycles. The molecule has 1 unspecified atom stereocenters. The van der Waals surface area contributed by atoms with E-state index in [1.807, 2.05) is 26.2 Å². The van der Waals surface area contributed by atoms with E-state index in [0.29, 0.717) is 18.4 Å². The van der Waals surface area contributed by atoms with Crippen LogP contribution in [-0.4, -0.2) is 42.1 Å². The van der Waals surface area contributed by atoms with Gasteiger partial charge in [-0.05, 0) is 67.4 Å². The van der Waals surface area contributed by atoms with E-state index in [1.54, 1.807) is 7.11 Å². The highest BCUT2D eigenvalue weighted by Gasteiger charge is 2.22. The zero-order valence-corrected chi connectivity index (χ0v) is 20.3. The number of aliphatic imine (C=N–C) groups is 2. The van der Waals surface area contributed by atoms with E-state index in [4.69, 9.17) is 9.47 Å². The van der Waals surface area contributed by atoms with Crippen LogP contribution >= 0.6 is 0 Å². The summed E-state index contributed by atoms with van der Waals surface area (Å²) in [6.45, 7) is 10.6. The maximum absolute atomic E-state index is 5.77. The van der Waals surface area contributed by atoms with Crippen LogP contribution in [0.5, 0.6) is 0 Å². The molecule has 2 heterocycles. The number of ether oxygens (including phenoxy) is 2. The fourth-order valence-electron chi connectivity index (χ4n) is 3.71. The van der Waals surface area contributed by atoms with Gasteiger partial charge in [-0.25, -0.2) is 15.0 Å². The number of H-pyrrole nitrogens is 1. The largest absolute Gasteiger partial charge is 0.476 e. The molecule has 176 valence electrons. The molecule has 0 spiro atoms. The molecule has 1 fully saturated rings. The van der Waals surface area contributed by atoms with Crippen molar-refractivity contribution in [1.82, 2.24) is 9.97 Å². The van der Waals surface area contributed by atoms with Gasteiger partial charge in [-0.1, -0.05) is 37.6 Å². The molecule has 3 rings (SSSR count). The SMILES string of the molecule is C=C(COC(C)=NC=NC(C)OC)C/C(=C\C=C(/CC)c1cnc2[nH]ccc2c1)C1CCC1. The van der Waals surface area contributed by atoms with Gasteiger partial charge >= 0.3 is 0 Å². The summed E-state index contributed by atoms with van der Waals surface area (Å²) in [4.78, 5) is 16.0. The van der Waals surface area contributed by atoms with Crippen LogP contribution in [0.2, 0.25) is 0 Å². The minimum Gasteiger partial charge on any atom is -0.476 e. The molecular formula is C27H36N4O2. The summed E-state index contributed by atoms with van der Waals surface area (Å²) in [5, 5.41) is 1.14. The third kappa shape index (κ3) is 7.26. The Morgan fingerprint density at radius 2 is 2.18 bits per heavy atom. The van der Waals surface area contributed by atoms with Crippen LogP contribution in [0.1, 0.15) is 58.4 Å². The Morgan fingerprint density at radius 1 is 1.36 bits per heavy atom. The number of nitrogens with one attached hydrogen (secondary N) is 1. The smallest absolute Gasteiger partial charge is 0.186 e. The number of hydrogen-bond acceptors (Lipinski definition) is 4. The van der Waals surface area contributed by atoms with Gasteiger partial charge in [-0.3, -0.25) is 0 Å². The van der Waals surface area contributed by atoms with Crippen molar-refractivity contribution in [2.24, 2.45) is 15.9 Å². The lowest BCUT2D eigenvalue weighted by molar-refractivity contribution is 0.126. The molecule has 1 aliphatic rings. The van der Waals surface area contributed by atoms with Crippen molar-refractivity contribution in [2.75, 3.05) is 13.7 Å². The summed E-state index contributed by atoms with van der Waals surface area (Å²) in [5.74, 6) is 1.21. The van der Waals surface area contributed by atoms with Crippen LogP contribution in [0.3, 0.4) is 0 Å². The Morgan fingerprint density at radius 3 is 2.88 bits per heavy atom. The zero-order chi connectivity index (χ0) is 23.6. The van der Waals surface area contributed by atoms with Gasteiger partial charge in [0.05, 0.1) is 0 Å². The van der Waals surface area contributed by atoms with Crippen LogP contribution in [-0.2, 0) is 9.47 Å². The predicted molar refractivity (Wildman–Crippen MR) is 138 cm³/mol. The second-order valence-electron chi connectivity index (χ2n) is 8.52. The highest BCUT2D eigenvalue weighted by Crippen LogP contribution is 2.36. The zero-order valence-electron chi connectivity index (χ0n) is 20.3. The number of fused-ring (bicyclic) bond motifs is 1. The number of aromatic amines is 1. The fourth-order valence-corrected chi connectivity index (χ4v) is 3.71. The maximum Gasteiger partial charge on any atom is 0.186 e. The first-order valence-electron chi connectivity index (χ1n) is 11.7. The minimum atomic E-state index is -0.214. The molecule has 33 heavy (non-hydrogen) atoms. The Hall–Kier alpha value is -2.99. The molecule has 1 atom stereocenters. The number of rotatable bonds is 11. The average Bonchev–Trinajstić information content (AvgIpc) is 3.24. The van der Waals surface area contributed by atoms with Gasteiger partial charge in [-0.2, -0.15) is 0 Å². The van der Waals surface area contributed by atoms with Gasteiger partial charge in [0.1, 0.15) is 24.8 Å². The minimum absolute atomic E-state index is 0.214. The molecule has 0 saturated heterocycles. The summed E-state index contributed by atoms with van der Waals surface area (Å²) >= 11 is 0. The quantitative estimate of drug-likeness (QED) is 0.185. The summed E-state index contributed by atoms with van der Waals surface area (Å²) in [6.07, 6.45) is 15.3. The Labute approximate surface area is 197 Å². The van der Waals surface area contributed by atoms with Crippen LogP contribution in [0, 0.1) is 5.92 Å². The van der Waals surface area contributed by atoms with E-state index in [1.165, 1.54) is 42.3 Å². The van der Waals surface area contributed by atoms with E-state index in [-0.39, 0.29) is 6.23 Å². The van der Waals surface area contributed by atoms with Crippen molar-refractivity contribution < 1.29 is 9.47 Å². The predicted octanol–water partition coefficient (Wildman–Crippen LogP) is 6.48. The second-order valence-corrected chi connectivity index (χ2v) is 8.52. The van der Waals surface area contributed by atoms with Gasteiger partial charge < -0.3 is 14.5 Å². The average molecular weight is 449 g/mol. The lowest BCUT2D eigenvalue weighted by atomic mass is 9.77. The van der Waals surface area contributed by atoms with Crippen LogP contribution in [0.15, 0.2) is 64.4 Å². The first-order chi connectivity index (χ1) is 16.0. The first-order valence-corrected chi connectivity index (χ1v) is 11.7. The molecule has 2 aromatic heterocycles. The Bertz CT molecular complexity index is 1060. The van der Waals surface area contributed by atoms with E-state index in [0.717, 1.165) is 29.4 Å². The van der Waals surface area contributed by atoms with Crippen molar-refractivity contribution in [3.05, 3.63) is 60.0 Å². The van der Waals surface area contributed by atoms with Crippen LogP contribution in [0.4, 0.5) is 0 Å². The van der Waals surface area contributed by atoms with Crippen molar-refractivity contribution in [3.63, 3.8) is 0 Å². The maximum atomic E-state index is 5.77. The van der Waals surface area contributed by atoms with Gasteiger partial charge in [-0.15, -0.1) is 0 Å². The Balaban J connectivity index is 1.65. The van der Waals surface area contributed by atoms with Crippen molar-refractivity contribution >= 4 is 28.8 Å². The second kappa shape index (κ2) is 12.3. The molecule has 0 radical (unpaired) electrons. The molecule has 2 aromatic rings. The number of hydrogen-bond donors (Lipinski definition) is 1. The number of nitrogens with zero attached hydrogens (tertiary/aromatic N) is 3. The number of pyridine rings is 1. The van der Waals surface area contributed by atoms with Gasteiger partial charge in [0.15, 0.2) is 5.90 Å². The lowest BCUT2D eigenvalue weighted by Crippen LogP contribution is -2.15. The molecule has 1 N–H and O–H groups in total. The highest BCUT2D eigenvalue weighted by molar-refractivity contribution is 5.82. The normalized spacial score (nSPS) is 16.9. The van der Waals surface area contributed by atoms with Gasteiger partial charge in [0.25, 0.3) is 0 Å². The lowest BCUT2D eigenvalue weighted by Gasteiger charge is -2.29. The topological polar surface area (TPSA) is 71.9 Å². The fraction of sp³-hybridized carbons (Fsp3) is 0.444. The number of methoxy groups -OCH3 is 1. The van der Waals surface area contributed by atoms with Crippen LogP contribution < -0.4 is 0 Å². The first kappa shape index (κ1) is 24.6. The molecule has 6 heteroatoms. The Kier molecular flexibility index (Phi) is 9.19. The molecule has 0 aliphatic heterocycles. The van der Waals surface area contributed by atoms with Crippen molar-refractivity contribution in [2.45, 2.75) is 59.1 Å². The van der Waals surface area contributed by atoms with E-state index in [2.05, 4.69) is 57.7 Å². The third-order valence-electron chi connectivity index (χ3n) is 6.08. The molecule has 0 amide bonds. The highest BCUT2D eigenvalue weighted by atomic mass is 16.5. The van der Waals surface area contributed by atoms with Gasteiger partial charge in [0, 0.05) is 31.8 Å². The number of aromatic nitrogens is 2. The monoisotopic (exact) mass is 448 g/mol. The summed E-state index contributed by atoms with van der Waals surface area (Å²) in [5.41, 5.74) is 5.87. The molecular weight excluding hydrogens is 412 g/mol. The van der Waals surface area contributed by atoms with E-state index < -0.39 is 0 Å².